The second-order valence-corrected chi connectivity index (χ2v) is 27.6. The van der Waals surface area contributed by atoms with Crippen LogP contribution in [-0.2, 0) is 71.4 Å². The monoisotopic (exact) mass is 1520 g/mol. The van der Waals surface area contributed by atoms with Crippen LogP contribution < -0.4 is 10.6 Å². The van der Waals surface area contributed by atoms with Gasteiger partial charge < -0.3 is 119 Å². The number of hydrogen-bond acceptors (Lipinski definition) is 34. The van der Waals surface area contributed by atoms with Gasteiger partial charge >= 0.3 is 11.9 Å². The number of phenols is 4. The van der Waals surface area contributed by atoms with Crippen LogP contribution in [0.2, 0.25) is 0 Å². The van der Waals surface area contributed by atoms with Gasteiger partial charge in [0.05, 0.1) is 134 Å². The molecular formula is C75H86N4O30. The molecule has 16 atom stereocenters. The fourth-order valence-electron chi connectivity index (χ4n) is 16.7. The molecule has 0 amide bonds. The van der Waals surface area contributed by atoms with E-state index >= 15 is 0 Å². The highest BCUT2D eigenvalue weighted by atomic mass is 16.6. The summed E-state index contributed by atoms with van der Waals surface area (Å²) in [5.74, 6) is -14.4. The molecule has 14 N–H and O–H groups in total. The third kappa shape index (κ3) is 12.0. The average molecular weight is 1520 g/mol. The molecule has 0 spiro atoms. The summed E-state index contributed by atoms with van der Waals surface area (Å²) in [4.78, 5) is 122. The predicted octanol–water partition coefficient (Wildman–Crippen LogP) is -0.417. The number of fused-ring (bicyclic) bond motifs is 10. The first kappa shape index (κ1) is 80.8. The van der Waals surface area contributed by atoms with E-state index in [-0.39, 0.29) is 87.0 Å². The zero-order chi connectivity index (χ0) is 79.9. The van der Waals surface area contributed by atoms with E-state index in [0.717, 1.165) is 40.6 Å². The maximum absolute atomic E-state index is 14.9. The second kappa shape index (κ2) is 30.6. The number of ether oxygens (including phenoxy) is 10. The summed E-state index contributed by atoms with van der Waals surface area (Å²) in [6, 6.07) is 4.70. The van der Waals surface area contributed by atoms with Gasteiger partial charge in [0.2, 0.25) is 34.7 Å². The van der Waals surface area contributed by atoms with E-state index in [1.807, 2.05) is 0 Å². The smallest absolute Gasteiger partial charge is 0.341 e. The van der Waals surface area contributed by atoms with E-state index < -0.39 is 236 Å². The SMILES string of the molecule is COCCCN=C1C=C(N[C@H]2O[C@@H](C)[C@H](OC)[C@@H](O)[C@H]2CO)C(=O)c2cc3c(c(O)c21)C(=O)[C@]1(OC)[C@H](O)Cc2cc(C)c(C(=O)OC)c(O)c2[C@]1(O)C3=O.COCCN=C1C=C(N[C@H]2O[C@@H](C)[C@H](OC)[C@@H](O)[C@H]2CO)C(=O)c2cc3c(c(O)c21)C(=O)[C@]1(OC)[C@H](O)Cc2cc(C)c(C(=O)OC)c(O)c2[C@]1(O)C3=O. The lowest BCUT2D eigenvalue weighted by Crippen LogP contribution is -2.73. The Kier molecular flexibility index (Phi) is 22.7. The number of aliphatic hydroxyl groups is 8. The van der Waals surface area contributed by atoms with Gasteiger partial charge in [0.1, 0.15) is 58.8 Å². The molecule has 0 saturated carbocycles. The lowest BCUT2D eigenvalue weighted by Gasteiger charge is -2.53. The van der Waals surface area contributed by atoms with Crippen molar-refractivity contribution >= 4 is 58.1 Å². The lowest BCUT2D eigenvalue weighted by molar-refractivity contribution is -0.214. The molecule has 34 heteroatoms. The number of carbonyl (C=O) groups is 8. The number of aliphatic hydroxyl groups excluding tert-OH is 6. The standard InChI is InChI=1S/C38H44N2O15.C37H42N2O15/c1-15-10-17-11-23(42)38(54-6)34(48)26-19(33(47)37(38,50)27(17)31(46)24(15)36(49)53-5)12-18-25(30(26)45)21(39-8-7-9-51-3)13-22(28(18)43)40-35-20(14-41)29(44)32(52-4)16(2)55-35;1-14-9-16-10-22(41)37(53-6)33(47)25-18(32(46)36(37,49)26(16)30(45)23(14)35(48)52-5)11-17-24(29(25)44)20(38-7-8-50-3)12-21(27(17)42)39-34-19(13-40)28(43)31(51-4)15(2)54-34/h10,12-13,16,20,23,29,32,35,40-42,44-46,50H,7-9,11,14H2,1-6H3;9,11-12,15,19,22,28,31,34,39-41,43-45,49H,7-8,10,13H2,1-6H3/t16-,20+,23+,29-,32-,35-,37-,38+;15-,19+,22+,28-,31-,34-,36-,37+/m00/s1. The highest BCUT2D eigenvalue weighted by molar-refractivity contribution is 6.33. The normalized spacial score (nSPS) is 30.8. The van der Waals surface area contributed by atoms with Crippen molar-refractivity contribution in [3.63, 3.8) is 0 Å². The Bertz CT molecular complexity index is 4600. The number of rotatable bonds is 19. The first-order chi connectivity index (χ1) is 51.7. The molecule has 586 valence electrons. The second-order valence-electron chi connectivity index (χ2n) is 27.6. The Morgan fingerprint density at radius 1 is 0.523 bits per heavy atom. The van der Waals surface area contributed by atoms with Crippen LogP contribution in [0.25, 0.3) is 0 Å². The number of nitrogens with one attached hydrogen (secondary N) is 2. The van der Waals surface area contributed by atoms with Crippen LogP contribution in [0.3, 0.4) is 0 Å². The van der Waals surface area contributed by atoms with Gasteiger partial charge in [-0.1, -0.05) is 12.1 Å². The number of methoxy groups -OCH3 is 8. The lowest BCUT2D eigenvalue weighted by atomic mass is 9.56. The molecule has 2 fully saturated rings. The van der Waals surface area contributed by atoms with Crippen LogP contribution in [0.4, 0.5) is 0 Å². The minimum atomic E-state index is -3.21. The molecule has 2 saturated heterocycles. The van der Waals surface area contributed by atoms with Gasteiger partial charge in [-0.05, 0) is 80.7 Å². The van der Waals surface area contributed by atoms with Gasteiger partial charge in [-0.3, -0.25) is 38.8 Å². The molecule has 34 nitrogen and oxygen atoms in total. The number of hydrogen-bond donors (Lipinski definition) is 14. The zero-order valence-electron chi connectivity index (χ0n) is 61.4. The quantitative estimate of drug-likeness (QED) is 0.0419. The number of aromatic hydroxyl groups is 4. The number of Topliss-reactive ketones (excluding diaryl/α,β-unsaturated/α-hetero) is 6. The highest BCUT2D eigenvalue weighted by Crippen LogP contribution is 2.59. The maximum Gasteiger partial charge on any atom is 0.341 e. The van der Waals surface area contributed by atoms with E-state index in [9.17, 15) is 99.6 Å². The number of ketones is 6. The summed E-state index contributed by atoms with van der Waals surface area (Å²) in [6.07, 6.45) is -9.43. The van der Waals surface area contributed by atoms with Gasteiger partial charge in [-0.25, -0.2) is 9.59 Å². The number of aliphatic imine (C=N–C) groups is 2. The van der Waals surface area contributed by atoms with Gasteiger partial charge in [0, 0.05) is 102 Å². The number of aryl methyl sites for hydroxylation is 2. The topological polar surface area (TPSA) is 520 Å². The van der Waals surface area contributed by atoms with Crippen LogP contribution in [-0.4, -0.2) is 288 Å². The molecular weight excluding hydrogens is 1440 g/mol. The molecule has 0 bridgehead atoms. The summed E-state index contributed by atoms with van der Waals surface area (Å²) in [6.45, 7) is 5.61. The van der Waals surface area contributed by atoms with Gasteiger partial charge in [0.15, 0.2) is 22.4 Å². The van der Waals surface area contributed by atoms with Crippen molar-refractivity contribution in [2.75, 3.05) is 96.4 Å². The number of allylic oxidation sites excluding steroid dienone is 4. The number of esters is 2. The van der Waals surface area contributed by atoms with Crippen molar-refractivity contribution in [3.8, 4) is 23.0 Å². The Balaban J connectivity index is 0.000000217. The zero-order valence-corrected chi connectivity index (χ0v) is 61.4. The Morgan fingerprint density at radius 3 is 1.24 bits per heavy atom. The average Bonchev–Trinajstić information content (AvgIpc) is 0.674. The molecule has 0 unspecified atom stereocenters. The largest absolute Gasteiger partial charge is 0.507 e. The van der Waals surface area contributed by atoms with E-state index in [1.54, 1.807) is 13.8 Å². The third-order valence-electron chi connectivity index (χ3n) is 22.0. The molecule has 4 aromatic rings. The maximum atomic E-state index is 14.9. The Hall–Kier alpha value is -9.18. The highest BCUT2D eigenvalue weighted by Gasteiger charge is 2.75. The van der Waals surface area contributed by atoms with E-state index in [4.69, 9.17) is 47.4 Å². The van der Waals surface area contributed by atoms with Crippen LogP contribution in [0.5, 0.6) is 23.0 Å². The van der Waals surface area contributed by atoms with Gasteiger partial charge in [-0.15, -0.1) is 0 Å². The number of carbonyl (C=O) groups excluding carboxylic acids is 8. The van der Waals surface area contributed by atoms with Crippen LogP contribution in [0.1, 0.15) is 148 Å². The van der Waals surface area contributed by atoms with E-state index in [2.05, 4.69) is 20.6 Å². The van der Waals surface area contributed by atoms with E-state index in [0.29, 0.717) is 13.0 Å². The van der Waals surface area contributed by atoms with Crippen molar-refractivity contribution in [3.05, 3.63) is 137 Å². The van der Waals surface area contributed by atoms with Crippen molar-refractivity contribution in [2.24, 2.45) is 21.8 Å². The van der Waals surface area contributed by atoms with Crippen LogP contribution in [0, 0.1) is 25.7 Å². The number of nitrogens with zero attached hydrogens (tertiary/aromatic N) is 2. The van der Waals surface area contributed by atoms with Crippen LogP contribution >= 0.6 is 0 Å². The summed E-state index contributed by atoms with van der Waals surface area (Å²) in [5.41, 5.74) is -18.0. The number of phenolic OH excluding ortho intramolecular Hbond substituents is 4. The number of benzene rings is 4. The molecule has 8 aliphatic rings. The van der Waals surface area contributed by atoms with Gasteiger partial charge in [-0.2, -0.15) is 0 Å². The third-order valence-corrected chi connectivity index (χ3v) is 22.0. The van der Waals surface area contributed by atoms with Crippen molar-refractivity contribution in [1.82, 2.24) is 10.6 Å². The first-order valence-corrected chi connectivity index (χ1v) is 34.6. The molecule has 6 aliphatic carbocycles. The summed E-state index contributed by atoms with van der Waals surface area (Å²) < 4.78 is 53.7. The minimum absolute atomic E-state index is 0.00819. The van der Waals surface area contributed by atoms with E-state index in [1.165, 1.54) is 66.6 Å². The summed E-state index contributed by atoms with van der Waals surface area (Å²) in [5, 5.41) is 143. The van der Waals surface area contributed by atoms with Crippen molar-refractivity contribution in [1.29, 1.82) is 0 Å². The first-order valence-electron chi connectivity index (χ1n) is 34.6. The molecule has 12 rings (SSSR count). The Labute approximate surface area is 622 Å². The molecule has 0 radical (unpaired) electrons. The summed E-state index contributed by atoms with van der Waals surface area (Å²) in [7, 11) is 9.72. The van der Waals surface area contributed by atoms with Gasteiger partial charge in [0.25, 0.3) is 0 Å². The molecule has 4 aromatic carbocycles. The van der Waals surface area contributed by atoms with Crippen molar-refractivity contribution < 1.29 is 147 Å². The Morgan fingerprint density at radius 2 is 0.899 bits per heavy atom. The minimum Gasteiger partial charge on any atom is -0.507 e. The molecule has 2 aliphatic heterocycles. The predicted molar refractivity (Wildman–Crippen MR) is 374 cm³/mol. The molecule has 2 heterocycles. The fraction of sp³-hybridized carbons (Fsp3) is 0.493. The molecule has 109 heavy (non-hydrogen) atoms. The fourth-order valence-corrected chi connectivity index (χ4v) is 16.7. The van der Waals surface area contributed by atoms with Crippen LogP contribution in [0.15, 0.2) is 57.8 Å². The van der Waals surface area contributed by atoms with Crippen molar-refractivity contribution in [2.45, 2.75) is 131 Å². The summed E-state index contributed by atoms with van der Waals surface area (Å²) >= 11 is 0. The molecule has 0 aromatic heterocycles.